The Labute approximate surface area is 143 Å². The van der Waals surface area contributed by atoms with Crippen LogP contribution in [0.1, 0.15) is 21.6 Å². The van der Waals surface area contributed by atoms with Crippen LogP contribution in [0.25, 0.3) is 0 Å². The molecule has 1 amide bonds. The number of aromatic nitrogens is 1. The van der Waals surface area contributed by atoms with Crippen molar-refractivity contribution in [1.82, 2.24) is 14.6 Å². The Bertz CT molecular complexity index is 766. The fourth-order valence-electron chi connectivity index (χ4n) is 2.63. The van der Waals surface area contributed by atoms with Crippen LogP contribution in [-0.2, 0) is 13.1 Å². The molecule has 0 saturated carbocycles. The van der Waals surface area contributed by atoms with E-state index in [-0.39, 0.29) is 5.91 Å². The number of nitrogens with one attached hydrogen (secondary N) is 1. The van der Waals surface area contributed by atoms with Gasteiger partial charge in [0.15, 0.2) is 0 Å². The Morgan fingerprint density at radius 2 is 2.13 bits per heavy atom. The van der Waals surface area contributed by atoms with Crippen LogP contribution in [0.15, 0.2) is 35.2 Å². The molecule has 7 heteroatoms. The lowest BCUT2D eigenvalue weighted by atomic mass is 10.1. The molecule has 0 spiro atoms. The largest absolute Gasteiger partial charge is 0.340 e. The smallest absolute Gasteiger partial charge is 0.259 e. The highest BCUT2D eigenvalue weighted by Gasteiger charge is 2.29. The van der Waals surface area contributed by atoms with Gasteiger partial charge in [-0.3, -0.25) is 4.79 Å². The predicted octanol–water partition coefficient (Wildman–Crippen LogP) is 2.92. The van der Waals surface area contributed by atoms with E-state index in [9.17, 15) is 4.79 Å². The van der Waals surface area contributed by atoms with Gasteiger partial charge in [-0.1, -0.05) is 6.07 Å². The third kappa shape index (κ3) is 3.34. The van der Waals surface area contributed by atoms with Gasteiger partial charge in [-0.25, -0.2) is 4.98 Å². The molecule has 1 N–H and O–H groups in total. The van der Waals surface area contributed by atoms with Crippen LogP contribution in [0.3, 0.4) is 0 Å². The summed E-state index contributed by atoms with van der Waals surface area (Å²) in [5.41, 5.74) is 3.36. The lowest BCUT2D eigenvalue weighted by Gasteiger charge is -2.13. The van der Waals surface area contributed by atoms with E-state index >= 15 is 0 Å². The molecule has 5 nitrogen and oxygen atoms in total. The molecule has 1 atom stereocenters. The van der Waals surface area contributed by atoms with Crippen molar-refractivity contribution < 1.29 is 4.79 Å². The summed E-state index contributed by atoms with van der Waals surface area (Å²) in [6.45, 7) is 1.32. The summed E-state index contributed by atoms with van der Waals surface area (Å²) in [5.74, 6) is 0.710. The Hall–Kier alpha value is -1.62. The predicted molar refractivity (Wildman–Crippen MR) is 98.2 cm³/mol. The third-order valence-corrected chi connectivity index (χ3v) is 4.48. The second kappa shape index (κ2) is 6.48. The summed E-state index contributed by atoms with van der Waals surface area (Å²) in [5, 5.41) is 3.28. The molecular formula is C16H19N4OPS. The number of hydrogen-bond acceptors (Lipinski definition) is 5. The molecule has 1 unspecified atom stereocenters. The third-order valence-electron chi connectivity index (χ3n) is 3.64. The van der Waals surface area contributed by atoms with E-state index in [1.54, 1.807) is 4.67 Å². The van der Waals surface area contributed by atoms with Crippen LogP contribution in [-0.4, -0.2) is 34.6 Å². The molecule has 0 aliphatic carbocycles. The molecular weight excluding hydrogens is 327 g/mol. The highest BCUT2D eigenvalue weighted by molar-refractivity contribution is 7.80. The summed E-state index contributed by atoms with van der Waals surface area (Å²) in [4.78, 5) is 19.9. The topological polar surface area (TPSA) is 48.5 Å². The van der Waals surface area contributed by atoms with E-state index in [2.05, 4.69) is 37.2 Å². The maximum Gasteiger partial charge on any atom is 0.259 e. The molecule has 0 fully saturated rings. The molecule has 23 heavy (non-hydrogen) atoms. The average Bonchev–Trinajstić information content (AvgIpc) is 2.79. The number of benzene rings is 1. The molecule has 1 aromatic carbocycles. The van der Waals surface area contributed by atoms with E-state index in [0.717, 1.165) is 34.2 Å². The van der Waals surface area contributed by atoms with Crippen LogP contribution in [0.4, 0.5) is 11.5 Å². The van der Waals surface area contributed by atoms with Crippen molar-refractivity contribution in [3.8, 4) is 0 Å². The second-order valence-corrected chi connectivity index (χ2v) is 6.90. The van der Waals surface area contributed by atoms with E-state index in [0.29, 0.717) is 12.1 Å². The Morgan fingerprint density at radius 3 is 2.87 bits per heavy atom. The average molecular weight is 346 g/mol. The maximum atomic E-state index is 12.4. The van der Waals surface area contributed by atoms with Gasteiger partial charge in [0, 0.05) is 11.4 Å². The molecule has 2 aromatic rings. The molecule has 1 aliphatic rings. The van der Waals surface area contributed by atoms with Gasteiger partial charge in [-0.15, -0.1) is 12.6 Å². The molecule has 0 radical (unpaired) electrons. The van der Waals surface area contributed by atoms with Crippen molar-refractivity contribution in [3.05, 3.63) is 47.2 Å². The summed E-state index contributed by atoms with van der Waals surface area (Å²) >= 11 is 4.46. The fraction of sp³-hybridized carbons (Fsp3) is 0.250. The van der Waals surface area contributed by atoms with Gasteiger partial charge >= 0.3 is 0 Å². The van der Waals surface area contributed by atoms with Gasteiger partial charge < -0.3 is 14.9 Å². The lowest BCUT2D eigenvalue weighted by molar-refractivity contribution is 0.0889. The molecule has 1 aliphatic heterocycles. The summed E-state index contributed by atoms with van der Waals surface area (Å²) in [6.07, 6.45) is 0. The van der Waals surface area contributed by atoms with Crippen molar-refractivity contribution in [2.75, 3.05) is 19.4 Å². The molecule has 2 heterocycles. The quantitative estimate of drug-likeness (QED) is 0.660. The minimum absolute atomic E-state index is 0.0205. The molecule has 0 bridgehead atoms. The van der Waals surface area contributed by atoms with Crippen molar-refractivity contribution in [2.45, 2.75) is 18.0 Å². The minimum atomic E-state index is -0.0205. The number of rotatable bonds is 4. The molecule has 120 valence electrons. The first-order valence-corrected chi connectivity index (χ1v) is 8.21. The number of thiol groups is 1. The van der Waals surface area contributed by atoms with E-state index in [4.69, 9.17) is 0 Å². The van der Waals surface area contributed by atoms with Crippen LogP contribution < -0.4 is 5.32 Å². The first kappa shape index (κ1) is 16.2. The zero-order valence-electron chi connectivity index (χ0n) is 13.1. The summed E-state index contributed by atoms with van der Waals surface area (Å²) in [6, 6.07) is 9.64. The van der Waals surface area contributed by atoms with Crippen molar-refractivity contribution in [2.24, 2.45) is 0 Å². The second-order valence-electron chi connectivity index (χ2n) is 5.80. The molecule has 0 saturated heterocycles. The fourth-order valence-corrected chi connectivity index (χ4v) is 3.20. The van der Waals surface area contributed by atoms with Gasteiger partial charge in [0.25, 0.3) is 5.91 Å². The number of anilines is 2. The zero-order valence-corrected chi connectivity index (χ0v) is 15.1. The highest BCUT2D eigenvalue weighted by Crippen LogP contribution is 2.36. The number of carbonyl (C=O) groups excluding carboxylic acids is 1. The van der Waals surface area contributed by atoms with E-state index in [1.165, 1.54) is 0 Å². The Morgan fingerprint density at radius 1 is 1.35 bits per heavy atom. The van der Waals surface area contributed by atoms with Gasteiger partial charge in [-0.2, -0.15) is 0 Å². The number of amides is 1. The molecule has 3 rings (SSSR count). The van der Waals surface area contributed by atoms with Crippen LogP contribution in [0.5, 0.6) is 0 Å². The normalized spacial score (nSPS) is 13.6. The summed E-state index contributed by atoms with van der Waals surface area (Å²) in [7, 11) is 6.47. The van der Waals surface area contributed by atoms with Gasteiger partial charge in [0.2, 0.25) is 0 Å². The monoisotopic (exact) mass is 346 g/mol. The molecule has 1 aromatic heterocycles. The van der Waals surface area contributed by atoms with Crippen molar-refractivity contribution in [1.29, 1.82) is 0 Å². The van der Waals surface area contributed by atoms with Gasteiger partial charge in [0.05, 0.1) is 23.5 Å². The number of pyridine rings is 1. The van der Waals surface area contributed by atoms with Gasteiger partial charge in [0.1, 0.15) is 5.82 Å². The number of fused-ring (bicyclic) bond motifs is 1. The van der Waals surface area contributed by atoms with Crippen molar-refractivity contribution in [3.63, 3.8) is 0 Å². The first-order valence-electron chi connectivity index (χ1n) is 7.25. The first-order chi connectivity index (χ1) is 11.0. The minimum Gasteiger partial charge on any atom is -0.340 e. The number of nitrogens with zero attached hydrogens (tertiary/aromatic N) is 3. The van der Waals surface area contributed by atoms with Gasteiger partial charge in [-0.05, 0) is 53.3 Å². The summed E-state index contributed by atoms with van der Waals surface area (Å²) < 4.78 is 1.62. The highest BCUT2D eigenvalue weighted by atomic mass is 32.1. The van der Waals surface area contributed by atoms with E-state index < -0.39 is 0 Å². The SMILES string of the molecule is CN(C)Cc1cccc(Nc2ccc(S)c3c2C(=O)N(P)C3)n1. The Kier molecular flexibility index (Phi) is 4.57. The Balaban J connectivity index is 1.93. The lowest BCUT2D eigenvalue weighted by Crippen LogP contribution is -2.13. The van der Waals surface area contributed by atoms with Crippen LogP contribution in [0.2, 0.25) is 0 Å². The standard InChI is InChI=1S/C16H19N4OPS/c1-19(2)8-10-4-3-5-14(17-10)18-12-6-7-13(23)11-9-20(22)16(21)15(11)12/h3-7,23H,8-9,22H2,1-2H3,(H,17,18). The number of carbonyl (C=O) groups is 1. The number of hydrogen-bond donors (Lipinski definition) is 2. The van der Waals surface area contributed by atoms with Crippen LogP contribution in [0, 0.1) is 0 Å². The van der Waals surface area contributed by atoms with Crippen molar-refractivity contribution >= 4 is 39.4 Å². The zero-order chi connectivity index (χ0) is 16.6. The maximum absolute atomic E-state index is 12.4. The van der Waals surface area contributed by atoms with Crippen LogP contribution >= 0.6 is 22.0 Å². The van der Waals surface area contributed by atoms with E-state index in [1.807, 2.05) is 44.4 Å².